The maximum absolute atomic E-state index is 13.5. The van der Waals surface area contributed by atoms with E-state index >= 15 is 0 Å². The van der Waals surface area contributed by atoms with Gasteiger partial charge in [0.05, 0.1) is 0 Å². The van der Waals surface area contributed by atoms with E-state index in [4.69, 9.17) is 10.5 Å². The molecule has 1 aromatic carbocycles. The van der Waals surface area contributed by atoms with Gasteiger partial charge >= 0.3 is 0 Å². The molecule has 1 unspecified atom stereocenters. The lowest BCUT2D eigenvalue weighted by Gasteiger charge is -2.15. The quantitative estimate of drug-likeness (QED) is 0.786. The highest BCUT2D eigenvalue weighted by molar-refractivity contribution is 5.80. The number of amides is 1. The zero-order valence-corrected chi connectivity index (χ0v) is 10.2. The molecule has 1 rings (SSSR count). The van der Waals surface area contributed by atoms with Gasteiger partial charge in [0.25, 0.3) is 5.91 Å². The molecule has 0 aromatic heterocycles. The minimum atomic E-state index is -0.743. The molecule has 0 spiro atoms. The normalized spacial score (nSPS) is 12.0. The molecule has 0 saturated heterocycles. The summed E-state index contributed by atoms with van der Waals surface area (Å²) in [6, 6.07) is 2.68. The number of halogens is 1. The van der Waals surface area contributed by atoms with Gasteiger partial charge in [-0.2, -0.15) is 0 Å². The predicted molar refractivity (Wildman–Crippen MR) is 64.3 cm³/mol. The van der Waals surface area contributed by atoms with Gasteiger partial charge in [-0.1, -0.05) is 0 Å². The molecule has 0 radical (unpaired) electrons. The fourth-order valence-electron chi connectivity index (χ4n) is 1.32. The van der Waals surface area contributed by atoms with Gasteiger partial charge in [0.2, 0.25) is 0 Å². The first kappa shape index (κ1) is 13.3. The van der Waals surface area contributed by atoms with Crippen LogP contribution in [0.2, 0.25) is 0 Å². The van der Waals surface area contributed by atoms with E-state index in [1.54, 1.807) is 20.8 Å². The number of aryl methyl sites for hydroxylation is 1. The fraction of sp³-hybridized carbons (Fsp3) is 0.417. The van der Waals surface area contributed by atoms with Gasteiger partial charge in [-0.25, -0.2) is 4.39 Å². The Morgan fingerprint density at radius 1 is 1.59 bits per heavy atom. The van der Waals surface area contributed by atoms with E-state index in [1.807, 2.05) is 0 Å². The van der Waals surface area contributed by atoms with Crippen LogP contribution in [0.25, 0.3) is 0 Å². The van der Waals surface area contributed by atoms with Crippen LogP contribution in [0.5, 0.6) is 5.75 Å². The average molecular weight is 240 g/mol. The van der Waals surface area contributed by atoms with Crippen LogP contribution in [-0.4, -0.2) is 18.6 Å². The summed E-state index contributed by atoms with van der Waals surface area (Å²) < 4.78 is 18.8. The van der Waals surface area contributed by atoms with Crippen LogP contribution in [-0.2, 0) is 4.79 Å². The summed E-state index contributed by atoms with van der Waals surface area (Å²) in [5.41, 5.74) is 6.63. The van der Waals surface area contributed by atoms with Crippen molar-refractivity contribution in [1.29, 1.82) is 0 Å². The summed E-state index contributed by atoms with van der Waals surface area (Å²) in [6.45, 7) is 5.63. The molecular formula is C12H17FN2O2. The molecule has 17 heavy (non-hydrogen) atoms. The number of nitrogen functional groups attached to an aromatic ring is 1. The van der Waals surface area contributed by atoms with Crippen LogP contribution >= 0.6 is 0 Å². The zero-order valence-electron chi connectivity index (χ0n) is 10.2. The molecule has 0 saturated carbocycles. The van der Waals surface area contributed by atoms with Crippen LogP contribution in [0.3, 0.4) is 0 Å². The Labute approximate surface area is 100.0 Å². The Morgan fingerprint density at radius 3 is 2.82 bits per heavy atom. The van der Waals surface area contributed by atoms with E-state index in [0.717, 1.165) is 0 Å². The summed E-state index contributed by atoms with van der Waals surface area (Å²) in [5, 5.41) is 2.60. The Morgan fingerprint density at radius 2 is 2.24 bits per heavy atom. The molecule has 1 atom stereocenters. The van der Waals surface area contributed by atoms with Gasteiger partial charge in [-0.15, -0.1) is 0 Å². The first-order valence-electron chi connectivity index (χ1n) is 5.45. The Kier molecular flexibility index (Phi) is 4.31. The molecule has 4 nitrogen and oxygen atoms in total. The predicted octanol–water partition coefficient (Wildman–Crippen LogP) is 1.62. The lowest BCUT2D eigenvalue weighted by Crippen LogP contribution is -2.36. The molecule has 0 fully saturated rings. The van der Waals surface area contributed by atoms with Gasteiger partial charge < -0.3 is 15.8 Å². The van der Waals surface area contributed by atoms with Crippen molar-refractivity contribution < 1.29 is 13.9 Å². The molecule has 0 bridgehead atoms. The van der Waals surface area contributed by atoms with Crippen LogP contribution in [0.15, 0.2) is 12.1 Å². The number of carbonyl (C=O) groups excluding carboxylic acids is 1. The van der Waals surface area contributed by atoms with Crippen LogP contribution in [0.1, 0.15) is 19.4 Å². The first-order valence-corrected chi connectivity index (χ1v) is 5.45. The SMILES string of the molecule is CCNC(=O)C(C)Oc1cc(C)c(N)cc1F. The van der Waals surface area contributed by atoms with Crippen molar-refractivity contribution in [2.45, 2.75) is 26.9 Å². The van der Waals surface area contributed by atoms with Crippen molar-refractivity contribution in [3.8, 4) is 5.75 Å². The molecule has 1 amide bonds. The van der Waals surface area contributed by atoms with Crippen LogP contribution in [0.4, 0.5) is 10.1 Å². The Hall–Kier alpha value is -1.78. The third-order valence-electron chi connectivity index (χ3n) is 2.34. The van der Waals surface area contributed by atoms with E-state index in [2.05, 4.69) is 5.32 Å². The average Bonchev–Trinajstić information content (AvgIpc) is 2.26. The number of nitrogens with two attached hydrogens (primary N) is 1. The van der Waals surface area contributed by atoms with Crippen LogP contribution in [0, 0.1) is 12.7 Å². The molecule has 0 aliphatic heterocycles. The summed E-state index contributed by atoms with van der Waals surface area (Å²) in [7, 11) is 0. The highest BCUT2D eigenvalue weighted by Gasteiger charge is 2.16. The molecule has 0 heterocycles. The smallest absolute Gasteiger partial charge is 0.260 e. The second-order valence-corrected chi connectivity index (χ2v) is 3.79. The third kappa shape index (κ3) is 3.34. The Balaban J connectivity index is 2.81. The van der Waals surface area contributed by atoms with Gasteiger partial charge in [0.1, 0.15) is 0 Å². The fourth-order valence-corrected chi connectivity index (χ4v) is 1.32. The summed E-state index contributed by atoms with van der Waals surface area (Å²) in [5.74, 6) is -0.805. The number of benzene rings is 1. The first-order chi connectivity index (χ1) is 7.95. The van der Waals surface area contributed by atoms with Crippen LogP contribution < -0.4 is 15.8 Å². The number of carbonyl (C=O) groups is 1. The van der Waals surface area contributed by atoms with E-state index in [9.17, 15) is 9.18 Å². The highest BCUT2D eigenvalue weighted by Crippen LogP contribution is 2.24. The molecule has 94 valence electrons. The van der Waals surface area contributed by atoms with E-state index < -0.39 is 11.9 Å². The maximum Gasteiger partial charge on any atom is 0.260 e. The summed E-state index contributed by atoms with van der Waals surface area (Å²) >= 11 is 0. The standard InChI is InChI=1S/C12H17FN2O2/c1-4-15-12(16)8(3)17-11-5-7(2)10(14)6-9(11)13/h5-6,8H,4,14H2,1-3H3,(H,15,16). The third-order valence-corrected chi connectivity index (χ3v) is 2.34. The molecule has 3 N–H and O–H groups in total. The van der Waals surface area contributed by atoms with Crippen molar-refractivity contribution in [2.24, 2.45) is 0 Å². The topological polar surface area (TPSA) is 64.3 Å². The van der Waals surface area contributed by atoms with Crippen molar-refractivity contribution >= 4 is 11.6 Å². The minimum absolute atomic E-state index is 0.0375. The summed E-state index contributed by atoms with van der Waals surface area (Å²) in [4.78, 5) is 11.4. The second kappa shape index (κ2) is 5.52. The molecule has 0 aliphatic carbocycles. The van der Waals surface area contributed by atoms with Gasteiger partial charge in [-0.3, -0.25) is 4.79 Å². The number of rotatable bonds is 4. The van der Waals surface area contributed by atoms with Gasteiger partial charge in [0, 0.05) is 18.3 Å². The number of hydrogen-bond donors (Lipinski definition) is 2. The maximum atomic E-state index is 13.5. The number of likely N-dealkylation sites (N-methyl/N-ethyl adjacent to an activating group) is 1. The summed E-state index contributed by atoms with van der Waals surface area (Å²) in [6.07, 6.45) is -0.743. The van der Waals surface area contributed by atoms with Crippen molar-refractivity contribution in [3.05, 3.63) is 23.5 Å². The lowest BCUT2D eigenvalue weighted by molar-refractivity contribution is -0.127. The lowest BCUT2D eigenvalue weighted by atomic mass is 10.2. The van der Waals surface area contributed by atoms with Crippen molar-refractivity contribution in [1.82, 2.24) is 5.32 Å². The number of anilines is 1. The highest BCUT2D eigenvalue weighted by atomic mass is 19.1. The van der Waals surface area contributed by atoms with E-state index in [1.165, 1.54) is 12.1 Å². The number of ether oxygens (including phenoxy) is 1. The zero-order chi connectivity index (χ0) is 13.0. The molecule has 0 aliphatic rings. The van der Waals surface area contributed by atoms with Crippen molar-refractivity contribution in [2.75, 3.05) is 12.3 Å². The largest absolute Gasteiger partial charge is 0.478 e. The van der Waals surface area contributed by atoms with Gasteiger partial charge in [-0.05, 0) is 32.4 Å². The second-order valence-electron chi connectivity index (χ2n) is 3.79. The molecule has 1 aromatic rings. The van der Waals surface area contributed by atoms with E-state index in [-0.39, 0.29) is 11.7 Å². The monoisotopic (exact) mass is 240 g/mol. The Bertz CT molecular complexity index is 421. The van der Waals surface area contributed by atoms with E-state index in [0.29, 0.717) is 17.8 Å². The minimum Gasteiger partial charge on any atom is -0.478 e. The van der Waals surface area contributed by atoms with Gasteiger partial charge in [0.15, 0.2) is 17.7 Å². The number of nitrogens with one attached hydrogen (secondary N) is 1. The number of hydrogen-bond acceptors (Lipinski definition) is 3. The molecular weight excluding hydrogens is 223 g/mol. The molecule has 5 heteroatoms. The van der Waals surface area contributed by atoms with Crippen molar-refractivity contribution in [3.63, 3.8) is 0 Å².